The summed E-state index contributed by atoms with van der Waals surface area (Å²) in [7, 11) is -3.94. The van der Waals surface area contributed by atoms with E-state index in [1.54, 1.807) is 12.1 Å². The highest BCUT2D eigenvalue weighted by molar-refractivity contribution is 7.90. The van der Waals surface area contributed by atoms with E-state index >= 15 is 0 Å². The van der Waals surface area contributed by atoms with E-state index in [9.17, 15) is 13.2 Å². The molecule has 0 bridgehead atoms. The zero-order valence-corrected chi connectivity index (χ0v) is 12.8. The first-order chi connectivity index (χ1) is 9.38. The highest BCUT2D eigenvalue weighted by atomic mass is 35.5. The van der Waals surface area contributed by atoms with Crippen molar-refractivity contribution in [2.24, 2.45) is 0 Å². The Bertz CT molecular complexity index is 745. The SMILES string of the molecule is O.O=C(NS(=O)(=O)c1ccc(Cl)cc1)c1cccc(Cl)c1. The third kappa shape index (κ3) is 4.44. The topological polar surface area (TPSA) is 94.7 Å². The van der Waals surface area contributed by atoms with Gasteiger partial charge in [0.15, 0.2) is 0 Å². The molecule has 0 heterocycles. The monoisotopic (exact) mass is 347 g/mol. The van der Waals surface area contributed by atoms with Gasteiger partial charge in [-0.2, -0.15) is 0 Å². The van der Waals surface area contributed by atoms with Crippen LogP contribution in [-0.4, -0.2) is 19.8 Å². The van der Waals surface area contributed by atoms with Gasteiger partial charge in [0.1, 0.15) is 0 Å². The van der Waals surface area contributed by atoms with Crippen molar-refractivity contribution in [3.05, 3.63) is 64.1 Å². The van der Waals surface area contributed by atoms with Crippen molar-refractivity contribution < 1.29 is 18.7 Å². The van der Waals surface area contributed by atoms with Crippen LogP contribution in [0, 0.1) is 0 Å². The van der Waals surface area contributed by atoms with Crippen LogP contribution in [0.2, 0.25) is 10.0 Å². The number of halogens is 2. The fraction of sp³-hybridized carbons (Fsp3) is 0. The number of amides is 1. The van der Waals surface area contributed by atoms with Crippen LogP contribution in [0.5, 0.6) is 0 Å². The molecule has 0 saturated carbocycles. The molecule has 5 nitrogen and oxygen atoms in total. The Morgan fingerprint density at radius 2 is 1.57 bits per heavy atom. The molecule has 0 fully saturated rings. The van der Waals surface area contributed by atoms with Gasteiger partial charge in [0.25, 0.3) is 15.9 Å². The van der Waals surface area contributed by atoms with Crippen molar-refractivity contribution in [1.82, 2.24) is 4.72 Å². The lowest BCUT2D eigenvalue weighted by Gasteiger charge is -2.07. The molecule has 2 aromatic rings. The van der Waals surface area contributed by atoms with E-state index in [1.807, 2.05) is 4.72 Å². The molecule has 0 aliphatic heterocycles. The largest absolute Gasteiger partial charge is 0.412 e. The van der Waals surface area contributed by atoms with Gasteiger partial charge in [-0.15, -0.1) is 0 Å². The first-order valence-corrected chi connectivity index (χ1v) is 7.71. The summed E-state index contributed by atoms with van der Waals surface area (Å²) in [5.74, 6) is -0.748. The van der Waals surface area contributed by atoms with Crippen LogP contribution in [0.4, 0.5) is 0 Å². The standard InChI is InChI=1S/C13H9Cl2NO3S.H2O/c14-10-4-6-12(7-5-10)20(18,19)16-13(17)9-2-1-3-11(15)8-9;/h1-8H,(H,16,17);1H2. The Labute approximate surface area is 131 Å². The number of rotatable bonds is 3. The second-order valence-corrected chi connectivity index (χ2v) is 6.45. The molecule has 0 aliphatic carbocycles. The fourth-order valence-corrected chi connectivity index (χ4v) is 2.77. The van der Waals surface area contributed by atoms with E-state index in [4.69, 9.17) is 23.2 Å². The number of hydrogen-bond donors (Lipinski definition) is 1. The van der Waals surface area contributed by atoms with E-state index in [-0.39, 0.29) is 15.9 Å². The van der Waals surface area contributed by atoms with Gasteiger partial charge in [-0.1, -0.05) is 29.3 Å². The number of carbonyl (C=O) groups is 1. The molecule has 112 valence electrons. The molecular weight excluding hydrogens is 337 g/mol. The van der Waals surface area contributed by atoms with Crippen molar-refractivity contribution in [2.45, 2.75) is 4.90 Å². The average Bonchev–Trinajstić information content (AvgIpc) is 2.38. The molecule has 0 radical (unpaired) electrons. The summed E-state index contributed by atoms with van der Waals surface area (Å²) in [4.78, 5) is 11.8. The first-order valence-electron chi connectivity index (χ1n) is 5.47. The zero-order valence-electron chi connectivity index (χ0n) is 10.5. The first kappa shape index (κ1) is 17.5. The number of sulfonamides is 1. The van der Waals surface area contributed by atoms with Crippen molar-refractivity contribution in [1.29, 1.82) is 0 Å². The smallest absolute Gasteiger partial charge is 0.265 e. The molecule has 21 heavy (non-hydrogen) atoms. The van der Waals surface area contributed by atoms with Crippen molar-refractivity contribution in [2.75, 3.05) is 0 Å². The summed E-state index contributed by atoms with van der Waals surface area (Å²) in [6, 6.07) is 11.5. The summed E-state index contributed by atoms with van der Waals surface area (Å²) in [6.45, 7) is 0. The van der Waals surface area contributed by atoms with Gasteiger partial charge in [-0.05, 0) is 42.5 Å². The lowest BCUT2D eigenvalue weighted by Crippen LogP contribution is -2.30. The molecule has 1 amide bonds. The van der Waals surface area contributed by atoms with Crippen molar-refractivity contribution in [3.8, 4) is 0 Å². The minimum atomic E-state index is -3.94. The summed E-state index contributed by atoms with van der Waals surface area (Å²) in [6.07, 6.45) is 0. The van der Waals surface area contributed by atoms with Crippen LogP contribution >= 0.6 is 23.2 Å². The second kappa shape index (κ2) is 6.91. The number of hydrogen-bond acceptors (Lipinski definition) is 3. The molecule has 0 aliphatic rings. The van der Waals surface area contributed by atoms with Gasteiger partial charge in [-0.25, -0.2) is 13.1 Å². The molecule has 0 saturated heterocycles. The second-order valence-electron chi connectivity index (χ2n) is 3.90. The minimum absolute atomic E-state index is 0. The zero-order chi connectivity index (χ0) is 14.8. The number of benzene rings is 2. The van der Waals surface area contributed by atoms with Gasteiger partial charge >= 0.3 is 0 Å². The van der Waals surface area contributed by atoms with Gasteiger partial charge in [-0.3, -0.25) is 4.79 Å². The summed E-state index contributed by atoms with van der Waals surface area (Å²) in [5.41, 5.74) is 0.162. The van der Waals surface area contributed by atoms with Crippen LogP contribution in [-0.2, 0) is 10.0 Å². The highest BCUT2D eigenvalue weighted by Crippen LogP contribution is 2.15. The maximum atomic E-state index is 12.0. The number of carbonyl (C=O) groups excluding carboxylic acids is 1. The summed E-state index contributed by atoms with van der Waals surface area (Å²) < 4.78 is 26.0. The van der Waals surface area contributed by atoms with E-state index < -0.39 is 15.9 Å². The summed E-state index contributed by atoms with van der Waals surface area (Å²) in [5, 5.41) is 0.756. The van der Waals surface area contributed by atoms with Crippen LogP contribution in [0.3, 0.4) is 0 Å². The third-order valence-electron chi connectivity index (χ3n) is 2.44. The van der Waals surface area contributed by atoms with Crippen LogP contribution in [0.15, 0.2) is 53.4 Å². The van der Waals surface area contributed by atoms with E-state index in [0.717, 1.165) is 0 Å². The maximum Gasteiger partial charge on any atom is 0.265 e. The van der Waals surface area contributed by atoms with Crippen LogP contribution < -0.4 is 4.72 Å². The Morgan fingerprint density at radius 1 is 0.952 bits per heavy atom. The number of nitrogens with one attached hydrogen (secondary N) is 1. The van der Waals surface area contributed by atoms with Crippen molar-refractivity contribution in [3.63, 3.8) is 0 Å². The van der Waals surface area contributed by atoms with E-state index in [1.165, 1.54) is 36.4 Å². The Balaban J connectivity index is 0.00000220. The van der Waals surface area contributed by atoms with Crippen LogP contribution in [0.1, 0.15) is 10.4 Å². The quantitative estimate of drug-likeness (QED) is 0.922. The minimum Gasteiger partial charge on any atom is -0.412 e. The molecule has 0 spiro atoms. The molecule has 8 heteroatoms. The summed E-state index contributed by atoms with van der Waals surface area (Å²) >= 11 is 11.4. The fourth-order valence-electron chi connectivity index (χ4n) is 1.48. The molecule has 0 aromatic heterocycles. The van der Waals surface area contributed by atoms with Gasteiger partial charge in [0.2, 0.25) is 0 Å². The van der Waals surface area contributed by atoms with E-state index in [2.05, 4.69) is 0 Å². The highest BCUT2D eigenvalue weighted by Gasteiger charge is 2.18. The van der Waals surface area contributed by atoms with Gasteiger partial charge in [0.05, 0.1) is 4.90 Å². The molecule has 0 atom stereocenters. The Hall–Kier alpha value is -1.60. The predicted molar refractivity (Wildman–Crippen MR) is 81.2 cm³/mol. The van der Waals surface area contributed by atoms with Crippen molar-refractivity contribution >= 4 is 39.1 Å². The lowest BCUT2D eigenvalue weighted by atomic mass is 10.2. The molecule has 0 unspecified atom stereocenters. The maximum absolute atomic E-state index is 12.0. The normalized spacial score (nSPS) is 10.6. The van der Waals surface area contributed by atoms with Gasteiger partial charge in [0, 0.05) is 15.6 Å². The van der Waals surface area contributed by atoms with E-state index in [0.29, 0.717) is 10.0 Å². The molecule has 2 rings (SSSR count). The lowest BCUT2D eigenvalue weighted by molar-refractivity contribution is 0.0981. The third-order valence-corrected chi connectivity index (χ3v) is 4.27. The Kier molecular flexibility index (Phi) is 5.74. The Morgan fingerprint density at radius 3 is 2.14 bits per heavy atom. The molecule has 3 N–H and O–H groups in total. The molecular formula is C13H11Cl2NO4S. The predicted octanol–water partition coefficient (Wildman–Crippen LogP) is 2.29. The molecule has 2 aromatic carbocycles. The van der Waals surface area contributed by atoms with Gasteiger partial charge < -0.3 is 5.48 Å². The van der Waals surface area contributed by atoms with Crippen LogP contribution in [0.25, 0.3) is 0 Å². The average molecular weight is 348 g/mol.